The Morgan fingerprint density at radius 2 is 1.68 bits per heavy atom. The maximum absolute atomic E-state index is 11.9. The van der Waals surface area contributed by atoms with Crippen molar-refractivity contribution >= 4 is 29.1 Å². The van der Waals surface area contributed by atoms with E-state index in [0.29, 0.717) is 5.69 Å². The number of ketones is 2. The van der Waals surface area contributed by atoms with Crippen LogP contribution in [-0.4, -0.2) is 30.6 Å². The summed E-state index contributed by atoms with van der Waals surface area (Å²) in [4.78, 5) is 45.5. The Kier molecular flexibility index (Phi) is 7.46. The number of rotatable bonds is 7. The van der Waals surface area contributed by atoms with Crippen LogP contribution in [0.4, 0.5) is 5.69 Å². The molecule has 6 heteroatoms. The average Bonchev–Trinajstić information content (AvgIpc) is 2.55. The molecule has 0 radical (unpaired) electrons. The lowest BCUT2D eigenvalue weighted by atomic mass is 9.99. The van der Waals surface area contributed by atoms with E-state index in [9.17, 15) is 19.2 Å². The van der Waals surface area contributed by atoms with E-state index in [1.54, 1.807) is 6.07 Å². The molecule has 0 heterocycles. The number of hydrogen-bond acceptors (Lipinski definition) is 5. The Bertz CT molecular complexity index is 759. The van der Waals surface area contributed by atoms with Gasteiger partial charge in [-0.2, -0.15) is 0 Å². The summed E-state index contributed by atoms with van der Waals surface area (Å²) < 4.78 is 4.44. The highest BCUT2D eigenvalue weighted by Crippen LogP contribution is 2.21. The quantitative estimate of drug-likeness (QED) is 0.606. The zero-order valence-electron chi connectivity index (χ0n) is 14.7. The second-order valence-corrected chi connectivity index (χ2v) is 5.53. The van der Waals surface area contributed by atoms with Crippen molar-refractivity contribution in [3.8, 4) is 0 Å². The monoisotopic (exact) mass is 343 g/mol. The number of anilines is 1. The first-order valence-corrected chi connectivity index (χ1v) is 7.61. The largest absolute Gasteiger partial charge is 0.466 e. The summed E-state index contributed by atoms with van der Waals surface area (Å²) in [5.74, 6) is -1.42. The lowest BCUT2D eigenvalue weighted by Gasteiger charge is -2.12. The SMILES string of the molecule is COC(=O)/C=C\C(=O)Cc1cc(C)c(NC(=O)/C=C\C(C)=O)cc1C. The summed E-state index contributed by atoms with van der Waals surface area (Å²) in [6.45, 7) is 4.99. The van der Waals surface area contributed by atoms with Gasteiger partial charge in [-0.3, -0.25) is 14.4 Å². The molecule has 1 N–H and O–H groups in total. The number of hydrogen-bond donors (Lipinski definition) is 1. The van der Waals surface area contributed by atoms with Crippen LogP contribution >= 0.6 is 0 Å². The fourth-order valence-corrected chi connectivity index (χ4v) is 2.04. The van der Waals surface area contributed by atoms with Crippen molar-refractivity contribution in [2.45, 2.75) is 27.2 Å². The van der Waals surface area contributed by atoms with Gasteiger partial charge in [-0.15, -0.1) is 0 Å². The molecule has 6 nitrogen and oxygen atoms in total. The number of esters is 1. The lowest BCUT2D eigenvalue weighted by Crippen LogP contribution is -2.11. The summed E-state index contributed by atoms with van der Waals surface area (Å²) in [6, 6.07) is 3.57. The standard InChI is InChI=1S/C19H21NO5/c1-12-10-17(20-18(23)7-5-14(3)21)13(2)9-15(12)11-16(22)6-8-19(24)25-4/h5-10H,11H2,1-4H3,(H,20,23)/b7-5-,8-6-. The Hall–Kier alpha value is -3.02. The zero-order valence-corrected chi connectivity index (χ0v) is 14.7. The third-order valence-electron chi connectivity index (χ3n) is 3.38. The zero-order chi connectivity index (χ0) is 19.0. The Morgan fingerprint density at radius 3 is 2.28 bits per heavy atom. The number of amides is 1. The molecule has 0 aliphatic rings. The molecule has 1 rings (SSSR count). The molecule has 0 fully saturated rings. The molecule has 0 aliphatic carbocycles. The summed E-state index contributed by atoms with van der Waals surface area (Å²) in [6.07, 6.45) is 4.77. The van der Waals surface area contributed by atoms with Crippen molar-refractivity contribution in [1.29, 1.82) is 0 Å². The smallest absolute Gasteiger partial charge is 0.330 e. The minimum absolute atomic E-state index is 0.138. The first kappa shape index (κ1) is 20.0. The van der Waals surface area contributed by atoms with E-state index in [0.717, 1.165) is 22.8 Å². The summed E-state index contributed by atoms with van der Waals surface area (Å²) in [5, 5.41) is 2.70. The van der Waals surface area contributed by atoms with E-state index in [-0.39, 0.29) is 18.0 Å². The van der Waals surface area contributed by atoms with Gasteiger partial charge in [0.25, 0.3) is 0 Å². The van der Waals surface area contributed by atoms with Crippen LogP contribution in [0.1, 0.15) is 23.6 Å². The van der Waals surface area contributed by atoms with Crippen molar-refractivity contribution < 1.29 is 23.9 Å². The number of allylic oxidation sites excluding steroid dienone is 2. The minimum atomic E-state index is -0.585. The number of benzene rings is 1. The Balaban J connectivity index is 2.87. The van der Waals surface area contributed by atoms with Crippen molar-refractivity contribution in [3.63, 3.8) is 0 Å². The molecule has 0 aromatic heterocycles. The molecule has 0 aliphatic heterocycles. The fraction of sp³-hybridized carbons (Fsp3) is 0.263. The van der Waals surface area contributed by atoms with E-state index in [1.165, 1.54) is 32.3 Å². The average molecular weight is 343 g/mol. The van der Waals surface area contributed by atoms with Gasteiger partial charge in [0.05, 0.1) is 7.11 Å². The molecule has 0 atom stereocenters. The van der Waals surface area contributed by atoms with Gasteiger partial charge in [-0.25, -0.2) is 4.79 Å². The first-order chi connectivity index (χ1) is 11.7. The van der Waals surface area contributed by atoms with E-state index in [2.05, 4.69) is 10.1 Å². The third-order valence-corrected chi connectivity index (χ3v) is 3.38. The number of carbonyl (C=O) groups excluding carboxylic acids is 4. The molecule has 0 spiro atoms. The molecule has 1 amide bonds. The second kappa shape index (κ2) is 9.32. The number of nitrogens with one attached hydrogen (secondary N) is 1. The molecule has 25 heavy (non-hydrogen) atoms. The van der Waals surface area contributed by atoms with Crippen LogP contribution in [0, 0.1) is 13.8 Å². The highest BCUT2D eigenvalue weighted by atomic mass is 16.5. The minimum Gasteiger partial charge on any atom is -0.466 e. The summed E-state index contributed by atoms with van der Waals surface area (Å²) >= 11 is 0. The van der Waals surface area contributed by atoms with E-state index < -0.39 is 11.9 Å². The highest BCUT2D eigenvalue weighted by molar-refractivity contribution is 6.04. The van der Waals surface area contributed by atoms with Gasteiger partial charge in [0.15, 0.2) is 11.6 Å². The van der Waals surface area contributed by atoms with Crippen LogP contribution in [0.3, 0.4) is 0 Å². The molecule has 0 unspecified atom stereocenters. The van der Waals surface area contributed by atoms with E-state index in [4.69, 9.17) is 0 Å². The normalized spacial score (nSPS) is 10.9. The molecule has 0 saturated carbocycles. The summed E-state index contributed by atoms with van der Waals surface area (Å²) in [7, 11) is 1.24. The van der Waals surface area contributed by atoms with E-state index >= 15 is 0 Å². The van der Waals surface area contributed by atoms with Gasteiger partial charge < -0.3 is 10.1 Å². The molecule has 1 aromatic rings. The van der Waals surface area contributed by atoms with Crippen molar-refractivity contribution in [2.24, 2.45) is 0 Å². The molecule has 0 saturated heterocycles. The Morgan fingerprint density at radius 1 is 1.00 bits per heavy atom. The van der Waals surface area contributed by atoms with Gasteiger partial charge in [-0.05, 0) is 55.7 Å². The van der Waals surface area contributed by atoms with Crippen LogP contribution in [0.5, 0.6) is 0 Å². The van der Waals surface area contributed by atoms with Gasteiger partial charge in [-0.1, -0.05) is 6.07 Å². The van der Waals surface area contributed by atoms with Crippen LogP contribution in [0.15, 0.2) is 36.4 Å². The van der Waals surface area contributed by atoms with Crippen molar-refractivity contribution in [3.05, 3.63) is 53.1 Å². The predicted molar refractivity (Wildman–Crippen MR) is 94.2 cm³/mol. The predicted octanol–water partition coefficient (Wildman–Crippen LogP) is 2.23. The topological polar surface area (TPSA) is 89.5 Å². The van der Waals surface area contributed by atoms with Crippen molar-refractivity contribution in [1.82, 2.24) is 0 Å². The second-order valence-electron chi connectivity index (χ2n) is 5.53. The first-order valence-electron chi connectivity index (χ1n) is 7.61. The maximum Gasteiger partial charge on any atom is 0.330 e. The fourth-order valence-electron chi connectivity index (χ4n) is 2.04. The Labute approximate surface area is 146 Å². The van der Waals surface area contributed by atoms with Crippen LogP contribution in [0.25, 0.3) is 0 Å². The number of aryl methyl sites for hydroxylation is 2. The van der Waals surface area contributed by atoms with Gasteiger partial charge in [0.2, 0.25) is 5.91 Å². The number of methoxy groups -OCH3 is 1. The van der Waals surface area contributed by atoms with Crippen LogP contribution < -0.4 is 5.32 Å². The molecule has 0 bridgehead atoms. The van der Waals surface area contributed by atoms with Crippen LogP contribution in [-0.2, 0) is 30.3 Å². The van der Waals surface area contributed by atoms with Crippen molar-refractivity contribution in [2.75, 3.05) is 12.4 Å². The van der Waals surface area contributed by atoms with Gasteiger partial charge in [0, 0.05) is 24.3 Å². The molecule has 132 valence electrons. The van der Waals surface area contributed by atoms with Gasteiger partial charge in [0.1, 0.15) is 0 Å². The number of carbonyl (C=O) groups is 4. The third kappa shape index (κ3) is 6.95. The molecular weight excluding hydrogens is 322 g/mol. The molecule has 1 aromatic carbocycles. The summed E-state index contributed by atoms with van der Waals surface area (Å²) in [5.41, 5.74) is 3.03. The highest BCUT2D eigenvalue weighted by Gasteiger charge is 2.09. The molecular formula is C19H21NO5. The maximum atomic E-state index is 11.9. The van der Waals surface area contributed by atoms with E-state index in [1.807, 2.05) is 19.9 Å². The number of ether oxygens (including phenoxy) is 1. The lowest BCUT2D eigenvalue weighted by molar-refractivity contribution is -0.135. The van der Waals surface area contributed by atoms with Crippen LogP contribution in [0.2, 0.25) is 0 Å². The van der Waals surface area contributed by atoms with Gasteiger partial charge >= 0.3 is 5.97 Å².